The van der Waals surface area contributed by atoms with Gasteiger partial charge in [-0.1, -0.05) is 0 Å². The van der Waals surface area contributed by atoms with Crippen LogP contribution in [0.2, 0.25) is 0 Å². The number of aliphatic hydroxyl groups excluding tert-OH is 1. The molecule has 1 aromatic carbocycles. The van der Waals surface area contributed by atoms with E-state index < -0.39 is 17.8 Å². The first-order valence-electron chi connectivity index (χ1n) is 4.54. The highest BCUT2D eigenvalue weighted by atomic mass is 127. The minimum Gasteiger partial charge on any atom is -0.383 e. The van der Waals surface area contributed by atoms with E-state index in [4.69, 9.17) is 0 Å². The number of anilines is 1. The Bertz CT molecular complexity index is 410. The standard InChI is InChI=1S/C10H9FINO2/c11-7-5-6(12)1-2-8(7)13-4-3-9(14)10(13)15/h1-2,5,9,14H,3-4H2/t9-/m1/s1. The van der Waals surface area contributed by atoms with Gasteiger partial charge in [0.05, 0.1) is 5.69 Å². The summed E-state index contributed by atoms with van der Waals surface area (Å²) in [6, 6.07) is 4.66. The van der Waals surface area contributed by atoms with Crippen LogP contribution in [0, 0.1) is 9.39 Å². The largest absolute Gasteiger partial charge is 0.383 e. The van der Waals surface area contributed by atoms with Crippen LogP contribution in [0.1, 0.15) is 6.42 Å². The summed E-state index contributed by atoms with van der Waals surface area (Å²) in [5.74, 6) is -0.848. The fourth-order valence-electron chi connectivity index (χ4n) is 1.60. The van der Waals surface area contributed by atoms with Gasteiger partial charge in [-0.15, -0.1) is 0 Å². The first-order chi connectivity index (χ1) is 7.09. The van der Waals surface area contributed by atoms with Crippen LogP contribution >= 0.6 is 22.6 Å². The predicted octanol–water partition coefficient (Wildman–Crippen LogP) is 1.53. The maximum Gasteiger partial charge on any atom is 0.255 e. The van der Waals surface area contributed by atoms with E-state index in [1.807, 2.05) is 22.6 Å². The predicted molar refractivity (Wildman–Crippen MR) is 62.1 cm³/mol. The summed E-state index contributed by atoms with van der Waals surface area (Å²) in [5.41, 5.74) is 0.247. The minimum atomic E-state index is -0.983. The molecule has 5 heteroatoms. The molecule has 0 spiro atoms. The number of amides is 1. The molecular formula is C10H9FINO2. The molecule has 1 aliphatic rings. The molecule has 0 unspecified atom stereocenters. The monoisotopic (exact) mass is 321 g/mol. The Morgan fingerprint density at radius 3 is 2.80 bits per heavy atom. The van der Waals surface area contributed by atoms with Crippen molar-refractivity contribution in [2.24, 2.45) is 0 Å². The molecule has 0 bridgehead atoms. The SMILES string of the molecule is O=C1[C@H](O)CCN1c1ccc(I)cc1F. The van der Waals surface area contributed by atoms with Crippen molar-refractivity contribution < 1.29 is 14.3 Å². The number of benzene rings is 1. The van der Waals surface area contributed by atoms with Crippen LogP contribution in [0.3, 0.4) is 0 Å². The second-order valence-electron chi connectivity index (χ2n) is 3.39. The molecule has 1 heterocycles. The molecule has 1 N–H and O–H groups in total. The smallest absolute Gasteiger partial charge is 0.255 e. The van der Waals surface area contributed by atoms with Gasteiger partial charge in [-0.2, -0.15) is 0 Å². The number of nitrogens with zero attached hydrogens (tertiary/aromatic N) is 1. The molecule has 15 heavy (non-hydrogen) atoms. The molecule has 1 fully saturated rings. The van der Waals surface area contributed by atoms with Crippen LogP contribution in [-0.2, 0) is 4.79 Å². The molecule has 1 atom stereocenters. The molecule has 1 aromatic rings. The Balaban J connectivity index is 2.34. The topological polar surface area (TPSA) is 40.5 Å². The number of rotatable bonds is 1. The van der Waals surface area contributed by atoms with Crippen LogP contribution in [0.4, 0.5) is 10.1 Å². The van der Waals surface area contributed by atoms with E-state index in [1.165, 1.54) is 11.0 Å². The Kier molecular flexibility index (Phi) is 2.92. The van der Waals surface area contributed by atoms with Crippen LogP contribution in [0.15, 0.2) is 18.2 Å². The molecule has 0 saturated carbocycles. The summed E-state index contributed by atoms with van der Waals surface area (Å²) in [5, 5.41) is 9.26. The van der Waals surface area contributed by atoms with Crippen molar-refractivity contribution >= 4 is 34.2 Å². The van der Waals surface area contributed by atoms with Gasteiger partial charge in [-0.05, 0) is 40.8 Å². The summed E-state index contributed by atoms with van der Waals surface area (Å²) in [6.45, 7) is 0.373. The average molecular weight is 321 g/mol. The Morgan fingerprint density at radius 1 is 1.53 bits per heavy atom. The van der Waals surface area contributed by atoms with Gasteiger partial charge in [0.15, 0.2) is 0 Å². The van der Waals surface area contributed by atoms with E-state index in [9.17, 15) is 14.3 Å². The molecule has 1 aliphatic heterocycles. The zero-order chi connectivity index (χ0) is 11.0. The Hall–Kier alpha value is -0.690. The van der Waals surface area contributed by atoms with Gasteiger partial charge < -0.3 is 10.0 Å². The molecule has 1 amide bonds. The highest BCUT2D eigenvalue weighted by Gasteiger charge is 2.32. The van der Waals surface area contributed by atoms with Crippen LogP contribution in [-0.4, -0.2) is 23.7 Å². The Morgan fingerprint density at radius 2 is 2.27 bits per heavy atom. The number of hydrogen-bond donors (Lipinski definition) is 1. The molecule has 3 nitrogen and oxygen atoms in total. The second-order valence-corrected chi connectivity index (χ2v) is 4.64. The number of carbonyl (C=O) groups is 1. The second kappa shape index (κ2) is 4.05. The van der Waals surface area contributed by atoms with Gasteiger partial charge in [-0.25, -0.2) is 4.39 Å². The van der Waals surface area contributed by atoms with Crippen molar-refractivity contribution in [1.29, 1.82) is 0 Å². The maximum atomic E-state index is 13.5. The van der Waals surface area contributed by atoms with Gasteiger partial charge in [0.2, 0.25) is 0 Å². The highest BCUT2D eigenvalue weighted by Crippen LogP contribution is 2.25. The number of carbonyl (C=O) groups excluding carboxylic acids is 1. The summed E-state index contributed by atoms with van der Waals surface area (Å²) in [4.78, 5) is 12.7. The molecule has 1 saturated heterocycles. The fourth-order valence-corrected chi connectivity index (χ4v) is 2.06. The van der Waals surface area contributed by atoms with E-state index in [1.54, 1.807) is 12.1 Å². The van der Waals surface area contributed by atoms with Gasteiger partial charge in [0, 0.05) is 16.5 Å². The van der Waals surface area contributed by atoms with Crippen LogP contribution in [0.5, 0.6) is 0 Å². The summed E-state index contributed by atoms with van der Waals surface area (Å²) in [7, 11) is 0. The summed E-state index contributed by atoms with van der Waals surface area (Å²) >= 11 is 2.00. The average Bonchev–Trinajstić information content (AvgIpc) is 2.49. The molecular weight excluding hydrogens is 312 g/mol. The van der Waals surface area contributed by atoms with Crippen LogP contribution in [0.25, 0.3) is 0 Å². The van der Waals surface area contributed by atoms with Gasteiger partial charge in [0.1, 0.15) is 11.9 Å². The number of hydrogen-bond acceptors (Lipinski definition) is 2. The molecule has 0 aromatic heterocycles. The minimum absolute atomic E-state index is 0.247. The molecule has 0 aliphatic carbocycles. The molecule has 80 valence electrons. The quantitative estimate of drug-likeness (QED) is 0.797. The summed E-state index contributed by atoms with van der Waals surface area (Å²) < 4.78 is 14.3. The third-order valence-electron chi connectivity index (χ3n) is 2.38. The van der Waals surface area contributed by atoms with Crippen molar-refractivity contribution in [3.63, 3.8) is 0 Å². The number of aliphatic hydroxyl groups is 1. The van der Waals surface area contributed by atoms with E-state index in [0.717, 1.165) is 3.57 Å². The van der Waals surface area contributed by atoms with Gasteiger partial charge >= 0.3 is 0 Å². The Labute approximate surface area is 100 Å². The third-order valence-corrected chi connectivity index (χ3v) is 3.05. The van der Waals surface area contributed by atoms with Crippen LogP contribution < -0.4 is 4.90 Å². The van der Waals surface area contributed by atoms with Crippen molar-refractivity contribution in [1.82, 2.24) is 0 Å². The lowest BCUT2D eigenvalue weighted by molar-refractivity contribution is -0.124. The van der Waals surface area contributed by atoms with E-state index in [0.29, 0.717) is 13.0 Å². The van der Waals surface area contributed by atoms with Crippen molar-refractivity contribution in [2.75, 3.05) is 11.4 Å². The van der Waals surface area contributed by atoms with Gasteiger partial charge in [0.25, 0.3) is 5.91 Å². The lowest BCUT2D eigenvalue weighted by atomic mass is 10.3. The van der Waals surface area contributed by atoms with Gasteiger partial charge in [-0.3, -0.25) is 4.79 Å². The third kappa shape index (κ3) is 1.98. The van der Waals surface area contributed by atoms with Crippen molar-refractivity contribution in [3.05, 3.63) is 27.6 Å². The zero-order valence-electron chi connectivity index (χ0n) is 7.78. The normalized spacial score (nSPS) is 21.1. The zero-order valence-corrected chi connectivity index (χ0v) is 9.94. The van der Waals surface area contributed by atoms with Crippen molar-refractivity contribution in [2.45, 2.75) is 12.5 Å². The summed E-state index contributed by atoms with van der Waals surface area (Å²) in [6.07, 6.45) is -0.617. The number of halogens is 2. The molecule has 0 radical (unpaired) electrons. The first-order valence-corrected chi connectivity index (χ1v) is 5.62. The van der Waals surface area contributed by atoms with E-state index in [-0.39, 0.29) is 5.69 Å². The van der Waals surface area contributed by atoms with E-state index >= 15 is 0 Å². The maximum absolute atomic E-state index is 13.5. The fraction of sp³-hybridized carbons (Fsp3) is 0.300. The first kappa shape index (κ1) is 10.8. The van der Waals surface area contributed by atoms with E-state index in [2.05, 4.69) is 0 Å². The lowest BCUT2D eigenvalue weighted by Gasteiger charge is -2.16. The molecule has 2 rings (SSSR count). The highest BCUT2D eigenvalue weighted by molar-refractivity contribution is 14.1. The van der Waals surface area contributed by atoms with Crippen molar-refractivity contribution in [3.8, 4) is 0 Å². The lowest BCUT2D eigenvalue weighted by Crippen LogP contribution is -2.29.